The largest absolute Gasteiger partial charge is 0.493 e. The van der Waals surface area contributed by atoms with Gasteiger partial charge < -0.3 is 10.5 Å². The van der Waals surface area contributed by atoms with Gasteiger partial charge in [-0.15, -0.1) is 11.3 Å². The molecule has 1 aromatic heterocycles. The van der Waals surface area contributed by atoms with Crippen LogP contribution in [-0.4, -0.2) is 18.1 Å². The molecule has 2 heterocycles. The van der Waals surface area contributed by atoms with Gasteiger partial charge in [-0.05, 0) is 42.3 Å². The second-order valence-corrected chi connectivity index (χ2v) is 5.55. The summed E-state index contributed by atoms with van der Waals surface area (Å²) in [7, 11) is 0. The van der Waals surface area contributed by atoms with Crippen LogP contribution >= 0.6 is 11.3 Å². The second kappa shape index (κ2) is 5.08. The number of nitrogens with two attached hydrogens (primary N) is 1. The molecule has 0 unspecified atom stereocenters. The summed E-state index contributed by atoms with van der Waals surface area (Å²) >= 11 is 1.76. The molecule has 2 aromatic rings. The van der Waals surface area contributed by atoms with Crippen molar-refractivity contribution >= 4 is 11.3 Å². The molecular weight excluding hydrogens is 244 g/mol. The lowest BCUT2D eigenvalue weighted by Gasteiger charge is -2.01. The number of thiazole rings is 1. The summed E-state index contributed by atoms with van der Waals surface area (Å²) in [6, 6.07) is 6.41. The Morgan fingerprint density at radius 1 is 1.39 bits per heavy atom. The number of hydrogen-bond donors (Lipinski definition) is 1. The standard InChI is InChI=1S/C14H16N2OS/c15-6-1-2-14-16-9-13(18-14)11-3-4-12-10(8-11)5-7-17-12/h3-4,8-9H,1-2,5-7,15H2. The smallest absolute Gasteiger partial charge is 0.122 e. The van der Waals surface area contributed by atoms with E-state index in [1.165, 1.54) is 21.0 Å². The van der Waals surface area contributed by atoms with E-state index in [1.807, 2.05) is 6.20 Å². The molecular formula is C14H16N2OS. The number of benzene rings is 1. The zero-order valence-corrected chi connectivity index (χ0v) is 11.0. The molecule has 2 N–H and O–H groups in total. The topological polar surface area (TPSA) is 48.1 Å². The molecule has 1 aromatic carbocycles. The van der Waals surface area contributed by atoms with Crippen LogP contribution in [0.4, 0.5) is 0 Å². The van der Waals surface area contributed by atoms with Gasteiger partial charge in [0.05, 0.1) is 16.5 Å². The summed E-state index contributed by atoms with van der Waals surface area (Å²) in [5.41, 5.74) is 8.07. The van der Waals surface area contributed by atoms with E-state index in [-0.39, 0.29) is 0 Å². The molecule has 0 bridgehead atoms. The van der Waals surface area contributed by atoms with Gasteiger partial charge in [-0.1, -0.05) is 0 Å². The summed E-state index contributed by atoms with van der Waals surface area (Å²) in [5, 5.41) is 1.17. The van der Waals surface area contributed by atoms with Gasteiger partial charge in [-0.2, -0.15) is 0 Å². The monoisotopic (exact) mass is 260 g/mol. The van der Waals surface area contributed by atoms with Crippen LogP contribution in [0.5, 0.6) is 5.75 Å². The van der Waals surface area contributed by atoms with Crippen molar-refractivity contribution < 1.29 is 4.74 Å². The van der Waals surface area contributed by atoms with Crippen molar-refractivity contribution in [1.82, 2.24) is 4.98 Å². The Kier molecular flexibility index (Phi) is 3.30. The van der Waals surface area contributed by atoms with Crippen LogP contribution < -0.4 is 10.5 Å². The van der Waals surface area contributed by atoms with Crippen LogP contribution in [0.15, 0.2) is 24.4 Å². The number of rotatable bonds is 4. The van der Waals surface area contributed by atoms with Gasteiger partial charge in [0.1, 0.15) is 5.75 Å². The van der Waals surface area contributed by atoms with E-state index in [0.717, 1.165) is 38.2 Å². The third-order valence-corrected chi connectivity index (χ3v) is 4.23. The first-order valence-corrected chi connectivity index (χ1v) is 7.09. The van der Waals surface area contributed by atoms with Crippen molar-refractivity contribution in [2.45, 2.75) is 19.3 Å². The van der Waals surface area contributed by atoms with E-state index in [1.54, 1.807) is 11.3 Å². The molecule has 3 rings (SSSR count). The zero-order chi connectivity index (χ0) is 12.4. The Morgan fingerprint density at radius 2 is 2.33 bits per heavy atom. The van der Waals surface area contributed by atoms with Crippen LogP contribution in [0.25, 0.3) is 10.4 Å². The van der Waals surface area contributed by atoms with Crippen molar-refractivity contribution in [2.75, 3.05) is 13.2 Å². The van der Waals surface area contributed by atoms with Gasteiger partial charge in [0.25, 0.3) is 0 Å². The van der Waals surface area contributed by atoms with Crippen LogP contribution in [0, 0.1) is 0 Å². The maximum atomic E-state index is 5.52. The Balaban J connectivity index is 1.83. The fourth-order valence-electron chi connectivity index (χ4n) is 2.15. The van der Waals surface area contributed by atoms with E-state index >= 15 is 0 Å². The summed E-state index contributed by atoms with van der Waals surface area (Å²) in [5.74, 6) is 1.03. The molecule has 0 radical (unpaired) electrons. The molecule has 3 nitrogen and oxygen atoms in total. The van der Waals surface area contributed by atoms with Crippen molar-refractivity contribution in [1.29, 1.82) is 0 Å². The molecule has 0 atom stereocenters. The quantitative estimate of drug-likeness (QED) is 0.919. The summed E-state index contributed by atoms with van der Waals surface area (Å²) in [6.45, 7) is 1.54. The fourth-order valence-corrected chi connectivity index (χ4v) is 3.11. The highest BCUT2D eigenvalue weighted by Crippen LogP contribution is 2.33. The minimum Gasteiger partial charge on any atom is -0.493 e. The van der Waals surface area contributed by atoms with Crippen LogP contribution in [0.3, 0.4) is 0 Å². The van der Waals surface area contributed by atoms with E-state index < -0.39 is 0 Å². The Hall–Kier alpha value is -1.39. The van der Waals surface area contributed by atoms with Gasteiger partial charge in [-0.3, -0.25) is 0 Å². The van der Waals surface area contributed by atoms with Crippen LogP contribution in [0.1, 0.15) is 17.0 Å². The number of hydrogen-bond acceptors (Lipinski definition) is 4. The lowest BCUT2D eigenvalue weighted by atomic mass is 10.1. The number of ether oxygens (including phenoxy) is 1. The third kappa shape index (κ3) is 2.26. The van der Waals surface area contributed by atoms with Crippen molar-refractivity contribution in [3.05, 3.63) is 35.0 Å². The Labute approximate surface area is 111 Å². The van der Waals surface area contributed by atoms with Crippen LogP contribution in [-0.2, 0) is 12.8 Å². The second-order valence-electron chi connectivity index (χ2n) is 4.43. The molecule has 0 fully saturated rings. The SMILES string of the molecule is NCCCc1ncc(-c2ccc3c(c2)CCO3)s1. The molecule has 0 spiro atoms. The van der Waals surface area contributed by atoms with E-state index in [9.17, 15) is 0 Å². The minimum absolute atomic E-state index is 0.727. The predicted molar refractivity (Wildman–Crippen MR) is 74.1 cm³/mol. The van der Waals surface area contributed by atoms with E-state index in [2.05, 4.69) is 23.2 Å². The van der Waals surface area contributed by atoms with Crippen LogP contribution in [0.2, 0.25) is 0 Å². The summed E-state index contributed by atoms with van der Waals surface area (Å²) < 4.78 is 5.52. The Bertz CT molecular complexity index is 550. The average molecular weight is 260 g/mol. The average Bonchev–Trinajstić information content (AvgIpc) is 3.04. The molecule has 0 saturated heterocycles. The van der Waals surface area contributed by atoms with E-state index in [4.69, 9.17) is 10.5 Å². The number of aromatic nitrogens is 1. The molecule has 4 heteroatoms. The minimum atomic E-state index is 0.727. The molecule has 18 heavy (non-hydrogen) atoms. The van der Waals surface area contributed by atoms with Crippen molar-refractivity contribution in [3.63, 3.8) is 0 Å². The fraction of sp³-hybridized carbons (Fsp3) is 0.357. The molecule has 1 aliphatic heterocycles. The van der Waals surface area contributed by atoms with Gasteiger partial charge in [0.15, 0.2) is 0 Å². The molecule has 0 aliphatic carbocycles. The molecule has 0 saturated carbocycles. The molecule has 0 amide bonds. The maximum absolute atomic E-state index is 5.52. The third-order valence-electron chi connectivity index (χ3n) is 3.12. The zero-order valence-electron chi connectivity index (χ0n) is 10.2. The number of nitrogens with zero attached hydrogens (tertiary/aromatic N) is 1. The van der Waals surface area contributed by atoms with E-state index in [0.29, 0.717) is 0 Å². The van der Waals surface area contributed by atoms with Gasteiger partial charge in [0, 0.05) is 19.0 Å². The highest BCUT2D eigenvalue weighted by atomic mass is 32.1. The summed E-state index contributed by atoms with van der Waals surface area (Å²) in [6.07, 6.45) is 4.97. The first-order valence-electron chi connectivity index (χ1n) is 6.27. The number of fused-ring (bicyclic) bond motifs is 1. The van der Waals surface area contributed by atoms with Gasteiger partial charge in [0.2, 0.25) is 0 Å². The lowest BCUT2D eigenvalue weighted by molar-refractivity contribution is 0.357. The first-order chi connectivity index (χ1) is 8.86. The Morgan fingerprint density at radius 3 is 3.22 bits per heavy atom. The van der Waals surface area contributed by atoms with Gasteiger partial charge in [-0.25, -0.2) is 4.98 Å². The molecule has 94 valence electrons. The maximum Gasteiger partial charge on any atom is 0.122 e. The summed E-state index contributed by atoms with van der Waals surface area (Å²) in [4.78, 5) is 5.69. The molecule has 1 aliphatic rings. The van der Waals surface area contributed by atoms with Gasteiger partial charge >= 0.3 is 0 Å². The predicted octanol–water partition coefficient (Wildman–Crippen LogP) is 2.64. The highest BCUT2D eigenvalue weighted by molar-refractivity contribution is 7.15. The normalized spacial score (nSPS) is 13.4. The lowest BCUT2D eigenvalue weighted by Crippen LogP contribution is -1.99. The first kappa shape index (κ1) is 11.7. The van der Waals surface area contributed by atoms with Crippen molar-refractivity contribution in [2.24, 2.45) is 5.73 Å². The van der Waals surface area contributed by atoms with Crippen molar-refractivity contribution in [3.8, 4) is 16.2 Å². The number of aryl methyl sites for hydroxylation is 1. The highest BCUT2D eigenvalue weighted by Gasteiger charge is 2.13.